The quantitative estimate of drug-likeness (QED) is 0.623. The summed E-state index contributed by atoms with van der Waals surface area (Å²) in [6, 6.07) is 5.75. The number of hydrogen-bond donors (Lipinski definition) is 2. The fourth-order valence-electron chi connectivity index (χ4n) is 1.41. The summed E-state index contributed by atoms with van der Waals surface area (Å²) in [5.74, 6) is -2.08. The molecule has 1 aliphatic heterocycles. The van der Waals surface area contributed by atoms with Gasteiger partial charge in [0.2, 0.25) is 0 Å². The van der Waals surface area contributed by atoms with Crippen molar-refractivity contribution in [2.24, 2.45) is 0 Å². The molecule has 0 unspecified atom stereocenters. The Balaban J connectivity index is 2.66. The minimum absolute atomic E-state index is 0.0301. The van der Waals surface area contributed by atoms with Crippen molar-refractivity contribution in [2.75, 3.05) is 5.75 Å². The summed E-state index contributed by atoms with van der Waals surface area (Å²) in [4.78, 5) is 22.5. The molecule has 2 N–H and O–H groups in total. The van der Waals surface area contributed by atoms with Gasteiger partial charge in [-0.3, -0.25) is 20.4 Å². The number of nitrogens with one attached hydrogen (secondary N) is 2. The molecule has 1 heterocycles. The van der Waals surface area contributed by atoms with Crippen molar-refractivity contribution < 1.29 is 18.0 Å². The Bertz CT molecular complexity index is 565. The minimum atomic E-state index is -3.76. The van der Waals surface area contributed by atoms with Gasteiger partial charge in [0, 0.05) is 0 Å². The summed E-state index contributed by atoms with van der Waals surface area (Å²) in [6.07, 6.45) is 0. The molecule has 1 aliphatic rings. The van der Waals surface area contributed by atoms with Crippen LogP contribution in [0.2, 0.25) is 0 Å². The molecule has 0 radical (unpaired) electrons. The van der Waals surface area contributed by atoms with Gasteiger partial charge in [-0.05, 0) is 12.1 Å². The van der Waals surface area contributed by atoms with E-state index in [1.165, 1.54) is 18.2 Å². The van der Waals surface area contributed by atoms with E-state index in [4.69, 9.17) is 0 Å². The zero-order valence-corrected chi connectivity index (χ0v) is 8.87. The van der Waals surface area contributed by atoms with Crippen LogP contribution in [-0.2, 0) is 14.6 Å². The Hall–Kier alpha value is -1.89. The average molecular weight is 240 g/mol. The molecule has 0 saturated carbocycles. The van der Waals surface area contributed by atoms with Gasteiger partial charge in [-0.2, -0.15) is 0 Å². The predicted molar refractivity (Wildman–Crippen MR) is 54.1 cm³/mol. The van der Waals surface area contributed by atoms with E-state index < -0.39 is 27.4 Å². The summed E-state index contributed by atoms with van der Waals surface area (Å²) < 4.78 is 23.5. The van der Waals surface area contributed by atoms with E-state index in [0.29, 0.717) is 0 Å². The van der Waals surface area contributed by atoms with Gasteiger partial charge in [-0.25, -0.2) is 8.42 Å². The number of carbonyl (C=O) groups excluding carboxylic acids is 2. The highest BCUT2D eigenvalue weighted by Gasteiger charge is 2.27. The standard InChI is InChI=1S/C9H8N2O4S/c12-8-5-16(14,15)7-4-2-1-3-6(7)9(13)11-10-8/h1-4H,5H2,(H,10,12)(H,11,13). The fourth-order valence-corrected chi connectivity index (χ4v) is 2.76. The van der Waals surface area contributed by atoms with Gasteiger partial charge in [-0.1, -0.05) is 12.1 Å². The molecule has 16 heavy (non-hydrogen) atoms. The number of rotatable bonds is 0. The molecule has 2 rings (SSSR count). The summed E-state index contributed by atoms with van der Waals surface area (Å²) >= 11 is 0. The van der Waals surface area contributed by atoms with E-state index in [0.717, 1.165) is 0 Å². The topological polar surface area (TPSA) is 92.3 Å². The predicted octanol–water partition coefficient (Wildman–Crippen LogP) is -0.765. The Morgan fingerprint density at radius 3 is 2.50 bits per heavy atom. The lowest BCUT2D eigenvalue weighted by atomic mass is 10.2. The molecule has 2 amide bonds. The third-order valence-corrected chi connectivity index (χ3v) is 3.77. The first-order valence-corrected chi connectivity index (χ1v) is 6.07. The zero-order valence-electron chi connectivity index (χ0n) is 8.06. The average Bonchev–Trinajstić information content (AvgIpc) is 2.24. The number of amides is 2. The second-order valence-corrected chi connectivity index (χ2v) is 5.22. The first kappa shape index (κ1) is 10.6. The van der Waals surface area contributed by atoms with Gasteiger partial charge in [0.1, 0.15) is 5.75 Å². The van der Waals surface area contributed by atoms with Gasteiger partial charge in [-0.15, -0.1) is 0 Å². The second kappa shape index (κ2) is 3.60. The SMILES string of the molecule is O=C1CS(=O)(=O)c2ccccc2C(=O)NN1. The van der Waals surface area contributed by atoms with E-state index in [9.17, 15) is 18.0 Å². The molecule has 0 spiro atoms. The van der Waals surface area contributed by atoms with Crippen molar-refractivity contribution in [3.8, 4) is 0 Å². The molecule has 7 heteroatoms. The first-order valence-electron chi connectivity index (χ1n) is 4.42. The first-order chi connectivity index (χ1) is 7.50. The largest absolute Gasteiger partial charge is 0.272 e. The summed E-state index contributed by atoms with van der Waals surface area (Å²) in [7, 11) is -3.76. The van der Waals surface area contributed by atoms with E-state index in [-0.39, 0.29) is 10.5 Å². The van der Waals surface area contributed by atoms with E-state index in [2.05, 4.69) is 5.43 Å². The highest BCUT2D eigenvalue weighted by Crippen LogP contribution is 2.17. The lowest BCUT2D eigenvalue weighted by Gasteiger charge is -2.14. The third-order valence-electron chi connectivity index (χ3n) is 2.10. The number of hydrazine groups is 1. The smallest absolute Gasteiger partial charge is 0.271 e. The molecule has 1 aromatic carbocycles. The maximum absolute atomic E-state index is 11.8. The van der Waals surface area contributed by atoms with Crippen LogP contribution >= 0.6 is 0 Å². The second-order valence-electron chi connectivity index (χ2n) is 3.26. The van der Waals surface area contributed by atoms with Crippen molar-refractivity contribution in [1.82, 2.24) is 10.9 Å². The Morgan fingerprint density at radius 1 is 1.06 bits per heavy atom. The summed E-state index contributed by atoms with van der Waals surface area (Å²) in [5.41, 5.74) is 4.17. The monoisotopic (exact) mass is 240 g/mol. The number of sulfone groups is 1. The molecular formula is C9H8N2O4S. The molecule has 0 aliphatic carbocycles. The van der Waals surface area contributed by atoms with E-state index in [1.54, 1.807) is 6.07 Å². The number of benzene rings is 1. The molecule has 84 valence electrons. The van der Waals surface area contributed by atoms with Gasteiger partial charge in [0.05, 0.1) is 10.5 Å². The van der Waals surface area contributed by atoms with Crippen molar-refractivity contribution in [1.29, 1.82) is 0 Å². The van der Waals surface area contributed by atoms with Crippen LogP contribution in [0.15, 0.2) is 29.2 Å². The van der Waals surface area contributed by atoms with Crippen LogP contribution in [0, 0.1) is 0 Å². The van der Waals surface area contributed by atoms with Gasteiger partial charge in [0.15, 0.2) is 9.84 Å². The van der Waals surface area contributed by atoms with Crippen LogP contribution in [0.4, 0.5) is 0 Å². The third kappa shape index (κ3) is 1.76. The highest BCUT2D eigenvalue weighted by atomic mass is 32.2. The van der Waals surface area contributed by atoms with E-state index >= 15 is 0 Å². The molecule has 6 nitrogen and oxygen atoms in total. The fraction of sp³-hybridized carbons (Fsp3) is 0.111. The summed E-state index contributed by atoms with van der Waals surface area (Å²) in [5, 5.41) is 0. The molecule has 0 aromatic heterocycles. The highest BCUT2D eigenvalue weighted by molar-refractivity contribution is 7.92. The zero-order chi connectivity index (χ0) is 11.8. The number of hydrogen-bond acceptors (Lipinski definition) is 4. The molecule has 0 fully saturated rings. The molecule has 1 aromatic rings. The normalized spacial score (nSPS) is 18.8. The van der Waals surface area contributed by atoms with Crippen molar-refractivity contribution in [3.63, 3.8) is 0 Å². The van der Waals surface area contributed by atoms with Crippen LogP contribution in [0.5, 0.6) is 0 Å². The maximum atomic E-state index is 11.8. The van der Waals surface area contributed by atoms with Gasteiger partial charge in [0.25, 0.3) is 11.8 Å². The van der Waals surface area contributed by atoms with Gasteiger partial charge < -0.3 is 0 Å². The minimum Gasteiger partial charge on any atom is -0.272 e. The van der Waals surface area contributed by atoms with Crippen molar-refractivity contribution >= 4 is 21.7 Å². The van der Waals surface area contributed by atoms with Crippen LogP contribution in [0.3, 0.4) is 0 Å². The lowest BCUT2D eigenvalue weighted by Crippen LogP contribution is -2.46. The van der Waals surface area contributed by atoms with Crippen LogP contribution in [-0.4, -0.2) is 26.0 Å². The molecule has 0 saturated heterocycles. The Kier molecular flexibility index (Phi) is 2.39. The number of fused-ring (bicyclic) bond motifs is 1. The molecule has 0 bridgehead atoms. The van der Waals surface area contributed by atoms with Crippen LogP contribution in [0.1, 0.15) is 10.4 Å². The van der Waals surface area contributed by atoms with Gasteiger partial charge >= 0.3 is 0 Å². The van der Waals surface area contributed by atoms with Crippen LogP contribution in [0.25, 0.3) is 0 Å². The van der Waals surface area contributed by atoms with Crippen molar-refractivity contribution in [2.45, 2.75) is 4.90 Å². The Morgan fingerprint density at radius 2 is 1.75 bits per heavy atom. The maximum Gasteiger partial charge on any atom is 0.271 e. The van der Waals surface area contributed by atoms with Crippen molar-refractivity contribution in [3.05, 3.63) is 29.8 Å². The Labute approximate surface area is 91.5 Å². The lowest BCUT2D eigenvalue weighted by molar-refractivity contribution is -0.119. The summed E-state index contributed by atoms with van der Waals surface area (Å²) in [6.45, 7) is 0. The number of carbonyl (C=O) groups is 2. The molecule has 0 atom stereocenters. The van der Waals surface area contributed by atoms with E-state index in [1.807, 2.05) is 5.43 Å². The molecular weight excluding hydrogens is 232 g/mol. The van der Waals surface area contributed by atoms with Crippen LogP contribution < -0.4 is 10.9 Å².